The van der Waals surface area contributed by atoms with Gasteiger partial charge >= 0.3 is 0 Å². The summed E-state index contributed by atoms with van der Waals surface area (Å²) in [5.41, 5.74) is 6.08. The average molecular weight is 212 g/mol. The molecule has 0 aromatic heterocycles. The topological polar surface area (TPSA) is 29.3 Å². The molecule has 0 bridgehead atoms. The Morgan fingerprint density at radius 2 is 1.93 bits per heavy atom. The molecular formula is C13H28N2. The number of nitrogens with zero attached hydrogens (tertiary/aromatic N) is 1. The Morgan fingerprint density at radius 1 is 1.27 bits per heavy atom. The lowest BCUT2D eigenvalue weighted by molar-refractivity contribution is 0.192. The van der Waals surface area contributed by atoms with Gasteiger partial charge in [0.25, 0.3) is 0 Å². The maximum absolute atomic E-state index is 6.08. The minimum atomic E-state index is 0.479. The summed E-state index contributed by atoms with van der Waals surface area (Å²) < 4.78 is 0. The molecule has 0 heterocycles. The van der Waals surface area contributed by atoms with Gasteiger partial charge in [-0.3, -0.25) is 0 Å². The summed E-state index contributed by atoms with van der Waals surface area (Å²) in [7, 11) is 2.24. The molecule has 1 fully saturated rings. The molecule has 0 spiro atoms. The van der Waals surface area contributed by atoms with Crippen LogP contribution in [0.25, 0.3) is 0 Å². The minimum absolute atomic E-state index is 0.479. The Morgan fingerprint density at radius 3 is 2.40 bits per heavy atom. The molecule has 1 saturated carbocycles. The smallest absolute Gasteiger partial charge is 0.00868 e. The summed E-state index contributed by atoms with van der Waals surface area (Å²) in [6, 6.07) is 1.16. The number of hydrogen-bond acceptors (Lipinski definition) is 2. The van der Waals surface area contributed by atoms with Crippen molar-refractivity contribution in [1.82, 2.24) is 4.90 Å². The van der Waals surface area contributed by atoms with Crippen molar-refractivity contribution in [3.8, 4) is 0 Å². The third-order valence-electron chi connectivity index (χ3n) is 4.23. The van der Waals surface area contributed by atoms with Crippen molar-refractivity contribution in [2.75, 3.05) is 13.6 Å². The summed E-state index contributed by atoms with van der Waals surface area (Å²) >= 11 is 0. The molecule has 0 aromatic rings. The Hall–Kier alpha value is -0.0800. The summed E-state index contributed by atoms with van der Waals surface area (Å²) in [6.45, 7) is 8.11. The van der Waals surface area contributed by atoms with Crippen molar-refractivity contribution in [1.29, 1.82) is 0 Å². The molecule has 0 saturated heterocycles. The first kappa shape index (κ1) is 13.0. The van der Waals surface area contributed by atoms with Crippen LogP contribution in [0.5, 0.6) is 0 Å². The van der Waals surface area contributed by atoms with E-state index in [-0.39, 0.29) is 0 Å². The second-order valence-electron chi connectivity index (χ2n) is 5.61. The lowest BCUT2D eigenvalue weighted by Gasteiger charge is -2.29. The van der Waals surface area contributed by atoms with E-state index in [1.54, 1.807) is 0 Å². The van der Waals surface area contributed by atoms with Crippen LogP contribution in [0.3, 0.4) is 0 Å². The van der Waals surface area contributed by atoms with Crippen LogP contribution in [0.1, 0.15) is 46.5 Å². The lowest BCUT2D eigenvalue weighted by atomic mass is 9.98. The van der Waals surface area contributed by atoms with E-state index in [1.807, 2.05) is 0 Å². The Balaban J connectivity index is 2.24. The maximum atomic E-state index is 6.08. The average Bonchev–Trinajstić information content (AvgIpc) is 2.59. The van der Waals surface area contributed by atoms with E-state index in [0.717, 1.165) is 11.8 Å². The molecule has 1 rings (SSSR count). The molecular weight excluding hydrogens is 184 g/mol. The van der Waals surface area contributed by atoms with Crippen molar-refractivity contribution in [2.45, 2.75) is 58.5 Å². The predicted octanol–water partition coefficient (Wildman–Crippen LogP) is 2.48. The van der Waals surface area contributed by atoms with E-state index in [4.69, 9.17) is 5.73 Å². The molecule has 90 valence electrons. The third-order valence-corrected chi connectivity index (χ3v) is 4.23. The Bertz CT molecular complexity index is 179. The number of nitrogens with two attached hydrogens (primary N) is 1. The number of rotatable bonds is 5. The molecule has 0 amide bonds. The fourth-order valence-corrected chi connectivity index (χ4v) is 2.51. The zero-order valence-corrected chi connectivity index (χ0v) is 10.9. The zero-order chi connectivity index (χ0) is 11.4. The van der Waals surface area contributed by atoms with Gasteiger partial charge in [-0.1, -0.05) is 20.3 Å². The zero-order valence-electron chi connectivity index (χ0n) is 10.9. The van der Waals surface area contributed by atoms with Crippen molar-refractivity contribution in [2.24, 2.45) is 17.6 Å². The molecule has 3 atom stereocenters. The van der Waals surface area contributed by atoms with Crippen LogP contribution in [0.2, 0.25) is 0 Å². The molecule has 2 heteroatoms. The van der Waals surface area contributed by atoms with Gasteiger partial charge in [-0.05, 0) is 51.6 Å². The van der Waals surface area contributed by atoms with Crippen molar-refractivity contribution >= 4 is 0 Å². The molecule has 2 N–H and O–H groups in total. The highest BCUT2D eigenvalue weighted by Gasteiger charge is 2.24. The van der Waals surface area contributed by atoms with Gasteiger partial charge in [0.15, 0.2) is 0 Å². The van der Waals surface area contributed by atoms with Gasteiger partial charge in [-0.2, -0.15) is 0 Å². The van der Waals surface area contributed by atoms with E-state index in [1.165, 1.54) is 32.2 Å². The highest BCUT2D eigenvalue weighted by molar-refractivity contribution is 4.81. The summed E-state index contributed by atoms with van der Waals surface area (Å²) in [5, 5.41) is 0. The summed E-state index contributed by atoms with van der Waals surface area (Å²) in [4.78, 5) is 2.48. The molecule has 0 aromatic carbocycles. The molecule has 2 nitrogen and oxygen atoms in total. The molecule has 0 radical (unpaired) electrons. The van der Waals surface area contributed by atoms with E-state index >= 15 is 0 Å². The van der Waals surface area contributed by atoms with Gasteiger partial charge in [0.1, 0.15) is 0 Å². The van der Waals surface area contributed by atoms with Crippen LogP contribution >= 0.6 is 0 Å². The highest BCUT2D eigenvalue weighted by Crippen LogP contribution is 2.27. The highest BCUT2D eigenvalue weighted by atomic mass is 15.1. The van der Waals surface area contributed by atoms with Crippen LogP contribution in [0.15, 0.2) is 0 Å². The summed E-state index contributed by atoms with van der Waals surface area (Å²) in [6.07, 6.45) is 5.23. The first-order valence-corrected chi connectivity index (χ1v) is 6.48. The van der Waals surface area contributed by atoms with E-state index in [2.05, 4.69) is 32.7 Å². The van der Waals surface area contributed by atoms with E-state index in [9.17, 15) is 0 Å². The fraction of sp³-hybridized carbons (Fsp3) is 1.00. The predicted molar refractivity (Wildman–Crippen MR) is 66.9 cm³/mol. The monoisotopic (exact) mass is 212 g/mol. The van der Waals surface area contributed by atoms with Crippen LogP contribution < -0.4 is 5.73 Å². The molecule has 1 aliphatic carbocycles. The largest absolute Gasteiger partial charge is 0.327 e. The molecule has 1 aliphatic rings. The van der Waals surface area contributed by atoms with Crippen LogP contribution in [0.4, 0.5) is 0 Å². The van der Waals surface area contributed by atoms with E-state index < -0.39 is 0 Å². The van der Waals surface area contributed by atoms with Crippen molar-refractivity contribution in [3.63, 3.8) is 0 Å². The van der Waals surface area contributed by atoms with Gasteiger partial charge in [0.05, 0.1) is 0 Å². The first-order valence-electron chi connectivity index (χ1n) is 6.48. The Labute approximate surface area is 95.2 Å². The lowest BCUT2D eigenvalue weighted by Crippen LogP contribution is -2.36. The van der Waals surface area contributed by atoms with Gasteiger partial charge in [-0.25, -0.2) is 0 Å². The SMILES string of the molecule is CC(C)C(C)N(C)CCC1CCCC1N. The Kier molecular flexibility index (Phi) is 5.07. The normalized spacial score (nSPS) is 29.0. The van der Waals surface area contributed by atoms with Crippen LogP contribution in [0, 0.1) is 11.8 Å². The standard InChI is InChI=1S/C13H28N2/c1-10(2)11(3)15(4)9-8-12-6-5-7-13(12)14/h10-13H,5-9,14H2,1-4H3. The number of hydrogen-bond donors (Lipinski definition) is 1. The van der Waals surface area contributed by atoms with Crippen molar-refractivity contribution in [3.05, 3.63) is 0 Å². The maximum Gasteiger partial charge on any atom is 0.00868 e. The molecule has 15 heavy (non-hydrogen) atoms. The minimum Gasteiger partial charge on any atom is -0.327 e. The fourth-order valence-electron chi connectivity index (χ4n) is 2.51. The quantitative estimate of drug-likeness (QED) is 0.758. The van der Waals surface area contributed by atoms with Gasteiger partial charge in [0, 0.05) is 12.1 Å². The van der Waals surface area contributed by atoms with E-state index in [0.29, 0.717) is 12.1 Å². The first-order chi connectivity index (χ1) is 7.02. The van der Waals surface area contributed by atoms with Crippen LogP contribution in [-0.4, -0.2) is 30.6 Å². The van der Waals surface area contributed by atoms with Gasteiger partial charge < -0.3 is 10.6 Å². The second-order valence-corrected chi connectivity index (χ2v) is 5.61. The summed E-state index contributed by atoms with van der Waals surface area (Å²) in [5.74, 6) is 1.53. The van der Waals surface area contributed by atoms with Gasteiger partial charge in [-0.15, -0.1) is 0 Å². The van der Waals surface area contributed by atoms with Gasteiger partial charge in [0.2, 0.25) is 0 Å². The van der Waals surface area contributed by atoms with Crippen LogP contribution in [-0.2, 0) is 0 Å². The second kappa shape index (κ2) is 5.86. The van der Waals surface area contributed by atoms with Crippen molar-refractivity contribution < 1.29 is 0 Å². The molecule has 3 unspecified atom stereocenters. The molecule has 0 aliphatic heterocycles. The third kappa shape index (κ3) is 3.76.